The van der Waals surface area contributed by atoms with E-state index in [4.69, 9.17) is 11.5 Å². The minimum atomic E-state index is -1.82. The topological polar surface area (TPSA) is 379 Å². The number of benzene rings is 1. The van der Waals surface area contributed by atoms with E-state index in [0.717, 1.165) is 0 Å². The highest BCUT2D eigenvalue weighted by Crippen LogP contribution is 2.24. The molecule has 24 heteroatoms. The van der Waals surface area contributed by atoms with Crippen molar-refractivity contribution in [1.82, 2.24) is 46.4 Å². The van der Waals surface area contributed by atoms with Crippen molar-refractivity contribution in [3.05, 3.63) is 48.0 Å². The van der Waals surface area contributed by atoms with E-state index in [1.807, 2.05) is 0 Å². The molecule has 0 bridgehead atoms. The number of likely N-dealkylation sites (tertiary alicyclic amines) is 2. The monoisotopic (exact) mass is 925 g/mol. The van der Waals surface area contributed by atoms with Gasteiger partial charge in [0.25, 0.3) is 0 Å². The molecule has 2 aliphatic heterocycles. The number of aromatic hydroxyl groups is 1. The van der Waals surface area contributed by atoms with Gasteiger partial charge in [0.2, 0.25) is 47.3 Å². The zero-order chi connectivity index (χ0) is 48.8. The fourth-order valence-electron chi connectivity index (χ4n) is 7.75. The quantitative estimate of drug-likeness (QED) is 0.0534. The van der Waals surface area contributed by atoms with Crippen LogP contribution in [0.1, 0.15) is 77.0 Å². The molecule has 1 aromatic carbocycles. The number of carbonyl (C=O) groups is 10. The molecule has 1 aromatic heterocycles. The average Bonchev–Trinajstić information content (AvgIpc) is 4.08. The maximum absolute atomic E-state index is 14.4. The predicted molar refractivity (Wildman–Crippen MR) is 230 cm³/mol. The molecule has 8 amide bonds. The minimum Gasteiger partial charge on any atom is -0.508 e. The summed E-state index contributed by atoms with van der Waals surface area (Å²) in [5.74, 6) is -9.95. The minimum absolute atomic E-state index is 0.0434. The van der Waals surface area contributed by atoms with Crippen molar-refractivity contribution in [2.75, 3.05) is 13.1 Å². The van der Waals surface area contributed by atoms with Crippen molar-refractivity contribution >= 4 is 59.2 Å². The molecule has 2 saturated heterocycles. The van der Waals surface area contributed by atoms with E-state index in [0.29, 0.717) is 30.5 Å². The Balaban J connectivity index is 1.45. The van der Waals surface area contributed by atoms with Gasteiger partial charge in [-0.05, 0) is 56.2 Å². The number of aliphatic carboxylic acids is 2. The van der Waals surface area contributed by atoms with Gasteiger partial charge in [-0.3, -0.25) is 43.2 Å². The Morgan fingerprint density at radius 1 is 0.758 bits per heavy atom. The molecule has 66 heavy (non-hydrogen) atoms. The van der Waals surface area contributed by atoms with Crippen LogP contribution in [0.25, 0.3) is 0 Å². The molecule has 360 valence electrons. The maximum atomic E-state index is 14.4. The second kappa shape index (κ2) is 23.7. The number of primary amides is 1. The zero-order valence-electron chi connectivity index (χ0n) is 36.9. The van der Waals surface area contributed by atoms with Gasteiger partial charge >= 0.3 is 11.9 Å². The molecule has 2 aromatic rings. The van der Waals surface area contributed by atoms with E-state index in [2.05, 4.69) is 36.6 Å². The Hall–Kier alpha value is -7.11. The summed E-state index contributed by atoms with van der Waals surface area (Å²) >= 11 is 0. The van der Waals surface area contributed by atoms with E-state index < -0.39 is 126 Å². The summed E-state index contributed by atoms with van der Waals surface area (Å²) in [5.41, 5.74) is 12.3. The molecule has 13 N–H and O–H groups in total. The maximum Gasteiger partial charge on any atom is 0.326 e. The third kappa shape index (κ3) is 14.2. The third-order valence-corrected chi connectivity index (χ3v) is 11.6. The van der Waals surface area contributed by atoms with Crippen LogP contribution < -0.4 is 38.1 Å². The predicted octanol–water partition coefficient (Wildman–Crippen LogP) is -2.87. The summed E-state index contributed by atoms with van der Waals surface area (Å²) in [4.78, 5) is 140. The van der Waals surface area contributed by atoms with Crippen molar-refractivity contribution in [3.63, 3.8) is 0 Å². The van der Waals surface area contributed by atoms with Gasteiger partial charge in [-0.1, -0.05) is 32.4 Å². The van der Waals surface area contributed by atoms with E-state index in [1.165, 1.54) is 53.5 Å². The number of hydrogen-bond acceptors (Lipinski definition) is 13. The van der Waals surface area contributed by atoms with E-state index in [1.54, 1.807) is 13.8 Å². The number of carboxylic acid groups (broad SMARTS) is 2. The number of aromatic amines is 1. The normalized spacial score (nSPS) is 18.9. The molecule has 24 nitrogen and oxygen atoms in total. The zero-order valence-corrected chi connectivity index (χ0v) is 36.9. The molecule has 0 radical (unpaired) electrons. The van der Waals surface area contributed by atoms with Crippen LogP contribution in [0.3, 0.4) is 0 Å². The van der Waals surface area contributed by atoms with Crippen LogP contribution in [0, 0.1) is 5.92 Å². The van der Waals surface area contributed by atoms with Crippen molar-refractivity contribution in [3.8, 4) is 5.75 Å². The van der Waals surface area contributed by atoms with Gasteiger partial charge in [0.05, 0.1) is 25.2 Å². The number of H-pyrrole nitrogens is 1. The van der Waals surface area contributed by atoms with Crippen LogP contribution in [0.4, 0.5) is 0 Å². The number of amides is 8. The molecule has 3 heterocycles. The first-order chi connectivity index (χ1) is 31.2. The number of carbonyl (C=O) groups excluding carboxylic acids is 8. The highest BCUT2D eigenvalue weighted by molar-refractivity contribution is 5.99. The van der Waals surface area contributed by atoms with E-state index in [9.17, 15) is 63.3 Å². The van der Waals surface area contributed by atoms with Crippen molar-refractivity contribution in [1.29, 1.82) is 0 Å². The Bertz CT molecular complexity index is 2100. The molecule has 2 aliphatic rings. The molecule has 9 atom stereocenters. The van der Waals surface area contributed by atoms with Gasteiger partial charge in [0, 0.05) is 37.8 Å². The third-order valence-electron chi connectivity index (χ3n) is 11.6. The molecule has 2 fully saturated rings. The first-order valence-corrected chi connectivity index (χ1v) is 21.6. The van der Waals surface area contributed by atoms with Gasteiger partial charge in [0.1, 0.15) is 48.0 Å². The summed E-state index contributed by atoms with van der Waals surface area (Å²) < 4.78 is 0. The number of nitrogens with zero attached hydrogens (tertiary/aromatic N) is 3. The number of nitrogens with two attached hydrogens (primary N) is 2. The largest absolute Gasteiger partial charge is 0.508 e. The molecule has 0 aliphatic carbocycles. The Labute approximate surface area is 379 Å². The van der Waals surface area contributed by atoms with Crippen molar-refractivity contribution in [2.24, 2.45) is 17.4 Å². The highest BCUT2D eigenvalue weighted by Gasteiger charge is 2.43. The van der Waals surface area contributed by atoms with Gasteiger partial charge < -0.3 is 68.2 Å². The smallest absolute Gasteiger partial charge is 0.326 e. The van der Waals surface area contributed by atoms with Crippen LogP contribution in [-0.4, -0.2) is 156 Å². The Morgan fingerprint density at radius 2 is 1.33 bits per heavy atom. The second-order valence-electron chi connectivity index (χ2n) is 16.5. The first-order valence-electron chi connectivity index (χ1n) is 21.6. The van der Waals surface area contributed by atoms with Gasteiger partial charge in [-0.15, -0.1) is 0 Å². The number of rotatable bonds is 23. The lowest BCUT2D eigenvalue weighted by Crippen LogP contribution is -2.60. The highest BCUT2D eigenvalue weighted by atomic mass is 16.4. The fraction of sp³-hybridized carbons (Fsp3) is 0.548. The lowest BCUT2D eigenvalue weighted by atomic mass is 9.96. The molecule has 0 unspecified atom stereocenters. The number of phenolic OH excluding ortho intramolecular Hbond substituents is 1. The summed E-state index contributed by atoms with van der Waals surface area (Å²) in [6.07, 6.45) is 2.72. The Kier molecular flexibility index (Phi) is 18.5. The fourth-order valence-corrected chi connectivity index (χ4v) is 7.75. The number of carboxylic acids is 2. The second-order valence-corrected chi connectivity index (χ2v) is 16.5. The Morgan fingerprint density at radius 3 is 1.88 bits per heavy atom. The molecular weight excluding hydrogens is 867 g/mol. The summed E-state index contributed by atoms with van der Waals surface area (Å²) in [6, 6.07) is -4.87. The number of hydrogen-bond donors (Lipinski definition) is 11. The number of nitrogens with one attached hydrogen (secondary N) is 6. The number of phenols is 1. The van der Waals surface area contributed by atoms with E-state index in [-0.39, 0.29) is 44.5 Å². The van der Waals surface area contributed by atoms with Crippen LogP contribution in [0.15, 0.2) is 36.8 Å². The van der Waals surface area contributed by atoms with Gasteiger partial charge in [-0.25, -0.2) is 9.78 Å². The molecule has 0 spiro atoms. The standard InChI is InChI=1S/C42H59N11O13/c1-4-21(2)34(41(64)53-14-6-7-30(53)38(61)49-27(15-23-9-11-25(54)12-10-23)37(60)50-29(42(65)66)18-33(56)57)51-39(62)31-8-5-13-52(31)40(63)22(3)47-36(59)28(17-32(44)55)48-35(58)26(43)16-24-19-45-20-46-24/h9-12,19-22,26-31,34,54H,4-8,13-18,43H2,1-3H3,(H2,44,55)(H,45,46)(H,47,59)(H,48,58)(H,49,61)(H,50,60)(H,51,62)(H,56,57)(H,65,66)/t21-,22-,26-,27-,28-,29-,30-,31-,34-/m0/s1. The number of aromatic nitrogens is 2. The van der Waals surface area contributed by atoms with Crippen LogP contribution in [0.5, 0.6) is 5.75 Å². The van der Waals surface area contributed by atoms with E-state index >= 15 is 0 Å². The first kappa shape index (κ1) is 51.5. The van der Waals surface area contributed by atoms with Gasteiger partial charge in [-0.2, -0.15) is 0 Å². The average molecular weight is 926 g/mol. The van der Waals surface area contributed by atoms with Gasteiger partial charge in [0.15, 0.2) is 0 Å². The SMILES string of the molecule is CC[C@H](C)[C@H](NC(=O)[C@@H]1CCCN1C(=O)[C@H](C)NC(=O)[C@H](CC(N)=O)NC(=O)[C@@H](N)Cc1cnc[nH]1)C(=O)N1CCC[C@H]1C(=O)N[C@@H](Cc1ccc(O)cc1)C(=O)N[C@@H](CC(=O)O)C(=O)O. The lowest BCUT2D eigenvalue weighted by Gasteiger charge is -2.34. The molecule has 4 rings (SSSR count). The van der Waals surface area contributed by atoms with Crippen LogP contribution in [0.2, 0.25) is 0 Å². The summed E-state index contributed by atoms with van der Waals surface area (Å²) in [5, 5.41) is 40.9. The summed E-state index contributed by atoms with van der Waals surface area (Å²) in [6.45, 7) is 5.11. The van der Waals surface area contributed by atoms with Crippen LogP contribution >= 0.6 is 0 Å². The lowest BCUT2D eigenvalue weighted by molar-refractivity contribution is -0.147. The van der Waals surface area contributed by atoms with Crippen LogP contribution in [-0.2, 0) is 60.8 Å². The molecular formula is C42H59N11O13. The van der Waals surface area contributed by atoms with Crippen molar-refractivity contribution in [2.45, 2.75) is 127 Å². The summed E-state index contributed by atoms with van der Waals surface area (Å²) in [7, 11) is 0. The molecule has 0 saturated carbocycles. The number of imidazole rings is 1. The van der Waals surface area contributed by atoms with Crippen molar-refractivity contribution < 1.29 is 63.3 Å².